The molecule has 7 atom stereocenters. The molecule has 4 N–H and O–H groups in total. The van der Waals surface area contributed by atoms with E-state index in [4.69, 9.17) is 9.47 Å². The first kappa shape index (κ1) is 23.0. The average molecular weight is 435 g/mol. The van der Waals surface area contributed by atoms with E-state index in [1.165, 1.54) is 0 Å². The molecule has 3 aliphatic rings. The summed E-state index contributed by atoms with van der Waals surface area (Å²) in [6.45, 7) is 1.65. The predicted octanol–water partition coefficient (Wildman–Crippen LogP) is 2.68. The van der Waals surface area contributed by atoms with Crippen LogP contribution in [0.25, 0.3) is 0 Å². The summed E-state index contributed by atoms with van der Waals surface area (Å²) in [6, 6.07) is -0.719. The summed E-state index contributed by atoms with van der Waals surface area (Å²) in [5, 5.41) is 13.1. The molecule has 0 aromatic carbocycles. The Hall–Kier alpha value is -0.660. The van der Waals surface area contributed by atoms with Crippen molar-refractivity contribution in [3.05, 3.63) is 0 Å². The van der Waals surface area contributed by atoms with Gasteiger partial charge >= 0.3 is 12.4 Å². The maximum absolute atomic E-state index is 13.6. The van der Waals surface area contributed by atoms with Crippen LogP contribution in [0.3, 0.4) is 0 Å². The van der Waals surface area contributed by atoms with Crippen LogP contribution in [0.2, 0.25) is 0 Å². The molecule has 0 aromatic rings. The fraction of sp³-hybridized carbons (Fsp3) is 1.00. The molecule has 4 bridgehead atoms. The highest BCUT2D eigenvalue weighted by Gasteiger charge is 2.61. The van der Waals surface area contributed by atoms with Crippen molar-refractivity contribution in [2.24, 2.45) is 5.92 Å². The predicted molar refractivity (Wildman–Crippen MR) is 89.1 cm³/mol. The van der Waals surface area contributed by atoms with Crippen LogP contribution in [-0.4, -0.2) is 53.9 Å². The summed E-state index contributed by atoms with van der Waals surface area (Å²) in [5.41, 5.74) is 1.77. The van der Waals surface area contributed by atoms with Crippen LogP contribution in [-0.2, 0) is 9.47 Å². The molecule has 3 aliphatic heterocycles. The first-order chi connectivity index (χ1) is 13.4. The van der Waals surface area contributed by atoms with Crippen molar-refractivity contribution >= 4 is 0 Å². The smallest absolute Gasteiger partial charge is 0.377 e. The molecule has 3 saturated heterocycles. The normalized spacial score (nSPS) is 43.0. The van der Waals surface area contributed by atoms with Crippen molar-refractivity contribution in [3.8, 4) is 0 Å². The number of fused-ring (bicyclic) bond motifs is 5. The Kier molecular flexibility index (Phi) is 6.72. The van der Waals surface area contributed by atoms with Gasteiger partial charge in [-0.2, -0.15) is 26.3 Å². The van der Waals surface area contributed by atoms with Crippen molar-refractivity contribution in [1.82, 2.24) is 16.2 Å². The van der Waals surface area contributed by atoms with Crippen LogP contribution in [0, 0.1) is 5.92 Å². The van der Waals surface area contributed by atoms with E-state index >= 15 is 0 Å². The van der Waals surface area contributed by atoms with Gasteiger partial charge in [0.15, 0.2) is 6.23 Å². The van der Waals surface area contributed by atoms with Gasteiger partial charge in [-0.15, -0.1) is 0 Å². The fourth-order valence-corrected chi connectivity index (χ4v) is 4.17. The number of rotatable bonds is 0. The van der Waals surface area contributed by atoms with Gasteiger partial charge in [-0.3, -0.25) is 5.32 Å². The molecular formula is C17H27F6N3O3. The van der Waals surface area contributed by atoms with E-state index in [1.807, 2.05) is 0 Å². The van der Waals surface area contributed by atoms with Gasteiger partial charge in [0, 0.05) is 0 Å². The minimum Gasteiger partial charge on any atom is -0.377 e. The molecule has 170 valence electrons. The van der Waals surface area contributed by atoms with Gasteiger partial charge in [-0.05, 0) is 32.6 Å². The van der Waals surface area contributed by atoms with Crippen molar-refractivity contribution in [2.45, 2.75) is 101 Å². The standard InChI is InChI=1S/C17H27F6N3O3/c1-9-5-3-2-4-8-15(27,17(21,22)23)14-26-25-13(29-14)11-7-6-10(16(18,19)20)12(24-11)28-9/h9-14,24-27H,2-8H2,1H3/t9-,10?,11?,12?,13?,14?,15-/m1/s1. The molecule has 3 heterocycles. The first-order valence-corrected chi connectivity index (χ1v) is 9.85. The van der Waals surface area contributed by atoms with Crippen LogP contribution in [0.15, 0.2) is 0 Å². The Morgan fingerprint density at radius 1 is 0.897 bits per heavy atom. The van der Waals surface area contributed by atoms with Gasteiger partial charge in [-0.25, -0.2) is 10.9 Å². The highest BCUT2D eigenvalue weighted by molar-refractivity contribution is 4.98. The first-order valence-electron chi connectivity index (χ1n) is 9.85. The number of hydrogen-bond acceptors (Lipinski definition) is 6. The largest absolute Gasteiger partial charge is 0.421 e. The molecule has 3 rings (SSSR count). The number of piperidine rings is 1. The summed E-state index contributed by atoms with van der Waals surface area (Å²) in [7, 11) is 0. The molecule has 0 spiro atoms. The van der Waals surface area contributed by atoms with E-state index in [0.717, 1.165) is 0 Å². The maximum Gasteiger partial charge on any atom is 0.421 e. The maximum atomic E-state index is 13.6. The highest BCUT2D eigenvalue weighted by Crippen LogP contribution is 2.41. The summed E-state index contributed by atoms with van der Waals surface area (Å²) in [4.78, 5) is 0. The van der Waals surface area contributed by atoms with Crippen molar-refractivity contribution in [2.75, 3.05) is 0 Å². The quantitative estimate of drug-likeness (QED) is 0.439. The average Bonchev–Trinajstić information content (AvgIpc) is 3.09. The summed E-state index contributed by atoms with van der Waals surface area (Å²) < 4.78 is 92.1. The Bertz CT molecular complexity index is 564. The molecule has 29 heavy (non-hydrogen) atoms. The van der Waals surface area contributed by atoms with E-state index < -0.39 is 61.1 Å². The number of halogens is 6. The van der Waals surface area contributed by atoms with Crippen LogP contribution >= 0.6 is 0 Å². The van der Waals surface area contributed by atoms with E-state index in [0.29, 0.717) is 19.3 Å². The van der Waals surface area contributed by atoms with Gasteiger partial charge in [-0.1, -0.05) is 19.3 Å². The Morgan fingerprint density at radius 3 is 2.28 bits per heavy atom. The summed E-state index contributed by atoms with van der Waals surface area (Å²) in [6.07, 6.45) is -13.4. The fourth-order valence-electron chi connectivity index (χ4n) is 4.17. The summed E-state index contributed by atoms with van der Waals surface area (Å²) >= 11 is 0. The van der Waals surface area contributed by atoms with Crippen molar-refractivity contribution in [3.63, 3.8) is 0 Å². The highest BCUT2D eigenvalue weighted by atomic mass is 19.4. The van der Waals surface area contributed by atoms with Gasteiger partial charge in [0.2, 0.25) is 5.60 Å². The van der Waals surface area contributed by atoms with Crippen LogP contribution in [0.5, 0.6) is 0 Å². The lowest BCUT2D eigenvalue weighted by molar-refractivity contribution is -0.301. The van der Waals surface area contributed by atoms with Gasteiger partial charge in [0.1, 0.15) is 12.5 Å². The SMILES string of the molecule is C[C@@H]1CCCCC[C@](O)(C(F)(F)F)C2NNC(O2)C2CCC(C(F)(F)F)C(N2)O1. The van der Waals surface area contributed by atoms with E-state index in [-0.39, 0.29) is 19.3 Å². The van der Waals surface area contributed by atoms with Gasteiger partial charge in [0.25, 0.3) is 0 Å². The van der Waals surface area contributed by atoms with E-state index in [9.17, 15) is 31.4 Å². The van der Waals surface area contributed by atoms with Crippen molar-refractivity contribution in [1.29, 1.82) is 0 Å². The monoisotopic (exact) mass is 435 g/mol. The second-order valence-electron chi connectivity index (χ2n) is 8.11. The molecule has 3 fully saturated rings. The topological polar surface area (TPSA) is 74.8 Å². The number of hydrazine groups is 1. The van der Waals surface area contributed by atoms with Crippen molar-refractivity contribution < 1.29 is 40.9 Å². The van der Waals surface area contributed by atoms with Crippen LogP contribution < -0.4 is 16.2 Å². The second kappa shape index (κ2) is 8.46. The van der Waals surface area contributed by atoms with Gasteiger partial charge in [0.05, 0.1) is 18.1 Å². The Morgan fingerprint density at radius 2 is 1.62 bits per heavy atom. The van der Waals surface area contributed by atoms with E-state index in [2.05, 4.69) is 16.2 Å². The number of hydrogen-bond donors (Lipinski definition) is 4. The zero-order valence-electron chi connectivity index (χ0n) is 15.9. The number of ether oxygens (including phenoxy) is 2. The lowest BCUT2D eigenvalue weighted by Gasteiger charge is -2.41. The van der Waals surface area contributed by atoms with E-state index in [1.54, 1.807) is 6.92 Å². The molecule has 6 nitrogen and oxygen atoms in total. The molecule has 0 amide bonds. The summed E-state index contributed by atoms with van der Waals surface area (Å²) in [5.74, 6) is -1.72. The van der Waals surface area contributed by atoms with Crippen LogP contribution in [0.1, 0.15) is 51.9 Å². The minimum absolute atomic E-state index is 0.0227. The zero-order chi connectivity index (χ0) is 21.4. The molecular weight excluding hydrogens is 408 g/mol. The third-order valence-corrected chi connectivity index (χ3v) is 5.93. The molecule has 12 heteroatoms. The molecule has 0 saturated carbocycles. The third-order valence-electron chi connectivity index (χ3n) is 5.93. The van der Waals surface area contributed by atoms with Gasteiger partial charge < -0.3 is 14.6 Å². The zero-order valence-corrected chi connectivity index (χ0v) is 15.9. The second-order valence-corrected chi connectivity index (χ2v) is 8.11. The number of aliphatic hydroxyl groups is 1. The number of alkyl halides is 6. The molecule has 0 aromatic heterocycles. The number of nitrogens with one attached hydrogen (secondary N) is 3. The molecule has 5 unspecified atom stereocenters. The lowest BCUT2D eigenvalue weighted by atomic mass is 9.90. The lowest BCUT2D eigenvalue weighted by Crippen LogP contribution is -2.59. The molecule has 0 radical (unpaired) electrons. The third kappa shape index (κ3) is 4.99. The van der Waals surface area contributed by atoms with Crippen LogP contribution in [0.4, 0.5) is 26.3 Å². The Labute approximate surface area is 164 Å². The minimum atomic E-state index is -4.93. The molecule has 0 aliphatic carbocycles. The Balaban J connectivity index is 1.82.